The third-order valence-electron chi connectivity index (χ3n) is 2.33. The molecule has 0 aliphatic carbocycles. The molecule has 21 heavy (non-hydrogen) atoms. The van der Waals surface area contributed by atoms with Crippen LogP contribution in [0.3, 0.4) is 0 Å². The fourth-order valence-corrected chi connectivity index (χ4v) is 1.65. The van der Waals surface area contributed by atoms with Crippen LogP contribution in [0.1, 0.15) is 0 Å². The number of carbonyl (C=O) groups is 2. The minimum atomic E-state index is -0.575. The fraction of sp³-hybridized carbons (Fsp3) is 0.385. The molecule has 0 spiro atoms. The summed E-state index contributed by atoms with van der Waals surface area (Å²) in [7, 11) is 1.52. The van der Waals surface area contributed by atoms with E-state index < -0.39 is 11.7 Å². The van der Waals surface area contributed by atoms with Crippen LogP contribution in [0.25, 0.3) is 0 Å². The van der Waals surface area contributed by atoms with Crippen molar-refractivity contribution in [1.82, 2.24) is 10.6 Å². The molecule has 116 valence electrons. The van der Waals surface area contributed by atoms with Crippen molar-refractivity contribution < 1.29 is 23.5 Å². The van der Waals surface area contributed by atoms with Gasteiger partial charge in [0.25, 0.3) is 5.91 Å². The van der Waals surface area contributed by atoms with Crippen LogP contribution in [0.2, 0.25) is 0 Å². The number of methoxy groups -OCH3 is 1. The first-order chi connectivity index (χ1) is 10.0. The number of benzene rings is 1. The smallest absolute Gasteiger partial charge is 0.258 e. The lowest BCUT2D eigenvalue weighted by Gasteiger charge is -2.08. The van der Waals surface area contributed by atoms with E-state index in [0.717, 1.165) is 0 Å². The Balaban J connectivity index is 2.26. The molecule has 0 saturated carbocycles. The standard InChI is InChI=1S/C13H16BrFN2O4/c1-20-5-4-16-12(18)7-17-13(19)8-21-11-3-2-9(14)6-10(11)15/h2-3,6H,4-5,7-8H2,1H3,(H,16,18)(H,17,19). The lowest BCUT2D eigenvalue weighted by Crippen LogP contribution is -2.39. The first kappa shape index (κ1) is 17.4. The molecule has 0 fully saturated rings. The Labute approximate surface area is 130 Å². The van der Waals surface area contributed by atoms with Crippen LogP contribution in [-0.4, -0.2) is 45.2 Å². The van der Waals surface area contributed by atoms with Crippen LogP contribution in [0.5, 0.6) is 5.75 Å². The second-order valence-corrected chi connectivity index (χ2v) is 4.90. The third-order valence-corrected chi connectivity index (χ3v) is 2.82. The van der Waals surface area contributed by atoms with Crippen LogP contribution in [0, 0.1) is 5.82 Å². The maximum absolute atomic E-state index is 13.4. The minimum absolute atomic E-state index is 0.0297. The van der Waals surface area contributed by atoms with Gasteiger partial charge in [0.1, 0.15) is 0 Å². The fourth-order valence-electron chi connectivity index (χ4n) is 1.32. The Morgan fingerprint density at radius 1 is 1.29 bits per heavy atom. The number of hydrogen-bond donors (Lipinski definition) is 2. The molecule has 0 bridgehead atoms. The molecule has 0 atom stereocenters. The summed E-state index contributed by atoms with van der Waals surface area (Å²) >= 11 is 3.11. The number of amides is 2. The van der Waals surface area contributed by atoms with Gasteiger partial charge in [0.2, 0.25) is 5.91 Å². The summed E-state index contributed by atoms with van der Waals surface area (Å²) in [4.78, 5) is 22.8. The number of hydrogen-bond acceptors (Lipinski definition) is 4. The number of nitrogens with one attached hydrogen (secondary N) is 2. The molecule has 0 heterocycles. The third kappa shape index (κ3) is 7.05. The normalized spacial score (nSPS) is 10.0. The van der Waals surface area contributed by atoms with Crippen molar-refractivity contribution in [2.75, 3.05) is 33.4 Å². The van der Waals surface area contributed by atoms with Gasteiger partial charge in [-0.2, -0.15) is 0 Å². The van der Waals surface area contributed by atoms with Crippen molar-refractivity contribution in [3.8, 4) is 5.75 Å². The molecule has 1 rings (SSSR count). The highest BCUT2D eigenvalue weighted by atomic mass is 79.9. The summed E-state index contributed by atoms with van der Waals surface area (Å²) in [5.41, 5.74) is 0. The summed E-state index contributed by atoms with van der Waals surface area (Å²) in [6, 6.07) is 4.24. The number of carbonyl (C=O) groups excluding carboxylic acids is 2. The zero-order valence-electron chi connectivity index (χ0n) is 11.4. The maximum Gasteiger partial charge on any atom is 0.258 e. The van der Waals surface area contributed by atoms with Gasteiger partial charge >= 0.3 is 0 Å². The van der Waals surface area contributed by atoms with Crippen LogP contribution in [0.4, 0.5) is 4.39 Å². The van der Waals surface area contributed by atoms with E-state index in [-0.39, 0.29) is 24.8 Å². The Kier molecular flexibility index (Phi) is 7.70. The van der Waals surface area contributed by atoms with Crippen LogP contribution in [0.15, 0.2) is 22.7 Å². The Morgan fingerprint density at radius 2 is 2.05 bits per heavy atom. The first-order valence-electron chi connectivity index (χ1n) is 6.13. The van der Waals surface area contributed by atoms with Gasteiger partial charge in [-0.05, 0) is 18.2 Å². The summed E-state index contributed by atoms with van der Waals surface area (Å²) in [5.74, 6) is -1.46. The van der Waals surface area contributed by atoms with Gasteiger partial charge in [-0.3, -0.25) is 9.59 Å². The van der Waals surface area contributed by atoms with E-state index in [2.05, 4.69) is 26.6 Å². The van der Waals surface area contributed by atoms with Crippen molar-refractivity contribution in [2.45, 2.75) is 0 Å². The van der Waals surface area contributed by atoms with Crippen LogP contribution < -0.4 is 15.4 Å². The molecule has 0 unspecified atom stereocenters. The van der Waals surface area contributed by atoms with E-state index in [0.29, 0.717) is 17.6 Å². The molecule has 0 aliphatic rings. The Bertz CT molecular complexity index is 499. The molecule has 8 heteroatoms. The van der Waals surface area contributed by atoms with E-state index in [1.807, 2.05) is 0 Å². The predicted octanol–water partition coefficient (Wildman–Crippen LogP) is 0.846. The lowest BCUT2D eigenvalue weighted by molar-refractivity contribution is -0.127. The predicted molar refractivity (Wildman–Crippen MR) is 77.5 cm³/mol. The summed E-state index contributed by atoms with van der Waals surface area (Å²) in [6.07, 6.45) is 0. The molecule has 2 N–H and O–H groups in total. The molecule has 0 radical (unpaired) electrons. The molecule has 6 nitrogen and oxygen atoms in total. The van der Waals surface area contributed by atoms with Gasteiger partial charge in [-0.25, -0.2) is 4.39 Å². The van der Waals surface area contributed by atoms with Gasteiger partial charge in [0, 0.05) is 18.1 Å². The van der Waals surface area contributed by atoms with E-state index in [1.54, 1.807) is 6.07 Å². The van der Waals surface area contributed by atoms with Crippen molar-refractivity contribution in [3.63, 3.8) is 0 Å². The zero-order valence-corrected chi connectivity index (χ0v) is 13.0. The molecular formula is C13H16BrFN2O4. The average Bonchev–Trinajstić information content (AvgIpc) is 2.44. The number of ether oxygens (including phenoxy) is 2. The largest absolute Gasteiger partial charge is 0.481 e. The van der Waals surface area contributed by atoms with Crippen molar-refractivity contribution in [1.29, 1.82) is 0 Å². The maximum atomic E-state index is 13.4. The summed E-state index contributed by atoms with van der Waals surface area (Å²) in [6.45, 7) is 0.218. The van der Waals surface area contributed by atoms with Crippen molar-refractivity contribution >= 4 is 27.7 Å². The molecule has 1 aromatic carbocycles. The van der Waals surface area contributed by atoms with Gasteiger partial charge in [0.05, 0.1) is 13.2 Å². The van der Waals surface area contributed by atoms with E-state index in [1.165, 1.54) is 19.2 Å². The summed E-state index contributed by atoms with van der Waals surface area (Å²) < 4.78 is 23.8. The quantitative estimate of drug-likeness (QED) is 0.672. The SMILES string of the molecule is COCCNC(=O)CNC(=O)COc1ccc(Br)cc1F. The zero-order chi connectivity index (χ0) is 15.7. The average molecular weight is 363 g/mol. The van der Waals surface area contributed by atoms with Gasteiger partial charge < -0.3 is 20.1 Å². The topological polar surface area (TPSA) is 76.7 Å². The van der Waals surface area contributed by atoms with Crippen molar-refractivity contribution in [3.05, 3.63) is 28.5 Å². The molecule has 0 saturated heterocycles. The summed E-state index contributed by atoms with van der Waals surface area (Å²) in [5, 5.41) is 4.91. The van der Waals surface area contributed by atoms with E-state index in [4.69, 9.17) is 9.47 Å². The molecule has 2 amide bonds. The second kappa shape index (κ2) is 9.30. The van der Waals surface area contributed by atoms with Gasteiger partial charge in [-0.15, -0.1) is 0 Å². The van der Waals surface area contributed by atoms with Crippen LogP contribution in [-0.2, 0) is 14.3 Å². The highest BCUT2D eigenvalue weighted by molar-refractivity contribution is 9.10. The minimum Gasteiger partial charge on any atom is -0.481 e. The van der Waals surface area contributed by atoms with E-state index >= 15 is 0 Å². The molecular weight excluding hydrogens is 347 g/mol. The Hall–Kier alpha value is -1.67. The first-order valence-corrected chi connectivity index (χ1v) is 6.92. The van der Waals surface area contributed by atoms with E-state index in [9.17, 15) is 14.0 Å². The monoisotopic (exact) mass is 362 g/mol. The van der Waals surface area contributed by atoms with Crippen molar-refractivity contribution in [2.24, 2.45) is 0 Å². The van der Waals surface area contributed by atoms with Gasteiger partial charge in [0.15, 0.2) is 18.2 Å². The van der Waals surface area contributed by atoms with Crippen LogP contribution >= 0.6 is 15.9 Å². The number of rotatable bonds is 8. The Morgan fingerprint density at radius 3 is 2.71 bits per heavy atom. The lowest BCUT2D eigenvalue weighted by atomic mass is 10.3. The number of halogens is 2. The highest BCUT2D eigenvalue weighted by Gasteiger charge is 2.08. The molecule has 0 aromatic heterocycles. The molecule has 1 aromatic rings. The second-order valence-electron chi connectivity index (χ2n) is 3.98. The molecule has 0 aliphatic heterocycles. The highest BCUT2D eigenvalue weighted by Crippen LogP contribution is 2.21. The van der Waals surface area contributed by atoms with Gasteiger partial charge in [-0.1, -0.05) is 15.9 Å².